The largest absolute Gasteiger partial charge is 0.466 e. The molecule has 0 heterocycles. The molecular weight excluding hydrogens is 288 g/mol. The van der Waals surface area contributed by atoms with Crippen molar-refractivity contribution in [2.45, 2.75) is 53.4 Å². The minimum atomic E-state index is -1.09. The summed E-state index contributed by atoms with van der Waals surface area (Å²) in [4.78, 5) is 35.8. The lowest BCUT2D eigenvalue weighted by Gasteiger charge is -2.20. The van der Waals surface area contributed by atoms with Gasteiger partial charge in [-0.15, -0.1) is 0 Å². The van der Waals surface area contributed by atoms with Crippen molar-refractivity contribution in [3.8, 4) is 0 Å². The van der Waals surface area contributed by atoms with E-state index in [1.807, 2.05) is 20.8 Å². The van der Waals surface area contributed by atoms with Crippen molar-refractivity contribution in [2.75, 3.05) is 19.8 Å². The molecule has 128 valence electrons. The minimum Gasteiger partial charge on any atom is -0.466 e. The van der Waals surface area contributed by atoms with Gasteiger partial charge < -0.3 is 14.2 Å². The Balaban J connectivity index is 4.76. The molecule has 22 heavy (non-hydrogen) atoms. The molecule has 1 unspecified atom stereocenters. The molecule has 0 bridgehead atoms. The summed E-state index contributed by atoms with van der Waals surface area (Å²) >= 11 is 0. The standard InChI is InChI=1S/C16H28O6/c1-5-8-20-13(17)11-12(4)14(15(18)21-9-6-2)16(19)22-10-7-3/h12,14H,5-11H2,1-4H3. The highest BCUT2D eigenvalue weighted by Gasteiger charge is 2.36. The lowest BCUT2D eigenvalue weighted by atomic mass is 9.91. The van der Waals surface area contributed by atoms with Gasteiger partial charge in [-0.2, -0.15) is 0 Å². The molecule has 0 saturated heterocycles. The van der Waals surface area contributed by atoms with Crippen molar-refractivity contribution in [3.05, 3.63) is 0 Å². The number of ether oxygens (including phenoxy) is 3. The van der Waals surface area contributed by atoms with Crippen LogP contribution in [0.1, 0.15) is 53.4 Å². The van der Waals surface area contributed by atoms with E-state index < -0.39 is 29.7 Å². The summed E-state index contributed by atoms with van der Waals surface area (Å²) in [5.74, 6) is -3.33. The lowest BCUT2D eigenvalue weighted by Crippen LogP contribution is -2.35. The number of hydrogen-bond donors (Lipinski definition) is 0. The molecule has 1 atom stereocenters. The average Bonchev–Trinajstić information content (AvgIpc) is 2.48. The van der Waals surface area contributed by atoms with Crippen LogP contribution in [-0.2, 0) is 28.6 Å². The van der Waals surface area contributed by atoms with Crippen molar-refractivity contribution in [1.29, 1.82) is 0 Å². The number of carbonyl (C=O) groups is 3. The Bertz CT molecular complexity index is 333. The number of hydrogen-bond acceptors (Lipinski definition) is 6. The van der Waals surface area contributed by atoms with Gasteiger partial charge in [0, 0.05) is 6.42 Å². The van der Waals surface area contributed by atoms with Crippen LogP contribution in [0.5, 0.6) is 0 Å². The Morgan fingerprint density at radius 1 is 0.773 bits per heavy atom. The molecule has 0 aromatic heterocycles. The van der Waals surface area contributed by atoms with E-state index in [-0.39, 0.29) is 19.6 Å². The molecule has 0 amide bonds. The first-order valence-corrected chi connectivity index (χ1v) is 7.96. The topological polar surface area (TPSA) is 78.9 Å². The van der Waals surface area contributed by atoms with Gasteiger partial charge in [-0.05, 0) is 25.2 Å². The van der Waals surface area contributed by atoms with Crippen LogP contribution >= 0.6 is 0 Å². The fourth-order valence-electron chi connectivity index (χ4n) is 1.80. The maximum atomic E-state index is 12.1. The zero-order chi connectivity index (χ0) is 17.0. The zero-order valence-electron chi connectivity index (χ0n) is 14.1. The summed E-state index contributed by atoms with van der Waals surface area (Å²) in [7, 11) is 0. The van der Waals surface area contributed by atoms with Gasteiger partial charge in [-0.3, -0.25) is 14.4 Å². The fraction of sp³-hybridized carbons (Fsp3) is 0.812. The van der Waals surface area contributed by atoms with Crippen molar-refractivity contribution in [1.82, 2.24) is 0 Å². The second-order valence-electron chi connectivity index (χ2n) is 5.21. The van der Waals surface area contributed by atoms with Gasteiger partial charge in [-0.1, -0.05) is 27.7 Å². The van der Waals surface area contributed by atoms with Crippen LogP contribution in [0.3, 0.4) is 0 Å². The Morgan fingerprint density at radius 3 is 1.59 bits per heavy atom. The molecule has 0 radical (unpaired) electrons. The number of carbonyl (C=O) groups excluding carboxylic acids is 3. The number of esters is 3. The average molecular weight is 316 g/mol. The summed E-state index contributed by atoms with van der Waals surface area (Å²) in [6.07, 6.45) is 2.03. The Morgan fingerprint density at radius 2 is 1.18 bits per heavy atom. The molecule has 0 fully saturated rings. The predicted octanol–water partition coefficient (Wildman–Crippen LogP) is 2.49. The van der Waals surface area contributed by atoms with Crippen LogP contribution < -0.4 is 0 Å². The third kappa shape index (κ3) is 8.00. The molecule has 0 saturated carbocycles. The van der Waals surface area contributed by atoms with E-state index in [9.17, 15) is 14.4 Å². The monoisotopic (exact) mass is 316 g/mol. The lowest BCUT2D eigenvalue weighted by molar-refractivity contribution is -0.165. The summed E-state index contributed by atoms with van der Waals surface area (Å²) in [6, 6.07) is 0. The maximum absolute atomic E-state index is 12.1. The first-order valence-electron chi connectivity index (χ1n) is 7.96. The van der Waals surface area contributed by atoms with Crippen LogP contribution in [0.15, 0.2) is 0 Å². The summed E-state index contributed by atoms with van der Waals surface area (Å²) in [6.45, 7) is 8.08. The van der Waals surface area contributed by atoms with Gasteiger partial charge in [-0.25, -0.2) is 0 Å². The molecule has 0 aliphatic heterocycles. The van der Waals surface area contributed by atoms with Crippen LogP contribution in [-0.4, -0.2) is 37.7 Å². The van der Waals surface area contributed by atoms with E-state index >= 15 is 0 Å². The fourth-order valence-corrected chi connectivity index (χ4v) is 1.80. The molecule has 0 aromatic carbocycles. The van der Waals surface area contributed by atoms with Gasteiger partial charge in [0.15, 0.2) is 5.92 Å². The van der Waals surface area contributed by atoms with E-state index in [0.29, 0.717) is 19.4 Å². The highest BCUT2D eigenvalue weighted by Crippen LogP contribution is 2.20. The van der Waals surface area contributed by atoms with E-state index in [0.717, 1.165) is 6.42 Å². The Hall–Kier alpha value is -1.59. The van der Waals surface area contributed by atoms with Crippen LogP contribution in [0.25, 0.3) is 0 Å². The molecule has 0 aliphatic rings. The molecule has 0 rings (SSSR count). The minimum absolute atomic E-state index is 0.0207. The van der Waals surface area contributed by atoms with E-state index in [1.54, 1.807) is 6.92 Å². The molecule has 0 spiro atoms. The molecule has 0 aliphatic carbocycles. The maximum Gasteiger partial charge on any atom is 0.320 e. The summed E-state index contributed by atoms with van der Waals surface area (Å²) in [5.41, 5.74) is 0. The SMILES string of the molecule is CCCOC(=O)CC(C)C(C(=O)OCCC)C(=O)OCCC. The smallest absolute Gasteiger partial charge is 0.320 e. The van der Waals surface area contributed by atoms with Crippen molar-refractivity contribution >= 4 is 17.9 Å². The first kappa shape index (κ1) is 20.4. The quantitative estimate of drug-likeness (QED) is 0.331. The molecule has 6 nitrogen and oxygen atoms in total. The highest BCUT2D eigenvalue weighted by molar-refractivity contribution is 5.95. The first-order chi connectivity index (χ1) is 10.5. The Kier molecular flexibility index (Phi) is 11.1. The van der Waals surface area contributed by atoms with Crippen molar-refractivity contribution < 1.29 is 28.6 Å². The van der Waals surface area contributed by atoms with Crippen LogP contribution in [0, 0.1) is 11.8 Å². The van der Waals surface area contributed by atoms with E-state index in [2.05, 4.69) is 0 Å². The second kappa shape index (κ2) is 12.0. The van der Waals surface area contributed by atoms with Gasteiger partial charge in [0.1, 0.15) is 0 Å². The van der Waals surface area contributed by atoms with Crippen molar-refractivity contribution in [3.63, 3.8) is 0 Å². The summed E-state index contributed by atoms with van der Waals surface area (Å²) < 4.78 is 15.1. The van der Waals surface area contributed by atoms with E-state index in [1.165, 1.54) is 0 Å². The van der Waals surface area contributed by atoms with Gasteiger partial charge in [0.25, 0.3) is 0 Å². The van der Waals surface area contributed by atoms with Gasteiger partial charge in [0.05, 0.1) is 19.8 Å². The van der Waals surface area contributed by atoms with Crippen LogP contribution in [0.4, 0.5) is 0 Å². The van der Waals surface area contributed by atoms with E-state index in [4.69, 9.17) is 14.2 Å². The zero-order valence-corrected chi connectivity index (χ0v) is 14.1. The molecule has 6 heteroatoms. The van der Waals surface area contributed by atoms with Crippen LogP contribution in [0.2, 0.25) is 0 Å². The molecule has 0 aromatic rings. The predicted molar refractivity (Wildman–Crippen MR) is 81.0 cm³/mol. The second-order valence-corrected chi connectivity index (χ2v) is 5.21. The third-order valence-corrected chi connectivity index (χ3v) is 2.93. The number of rotatable bonds is 11. The Labute approximate surface area is 132 Å². The highest BCUT2D eigenvalue weighted by atomic mass is 16.6. The third-order valence-electron chi connectivity index (χ3n) is 2.93. The molecule has 0 N–H and O–H groups in total. The molecular formula is C16H28O6. The summed E-state index contributed by atoms with van der Waals surface area (Å²) in [5, 5.41) is 0. The van der Waals surface area contributed by atoms with Gasteiger partial charge in [0.2, 0.25) is 0 Å². The van der Waals surface area contributed by atoms with Crippen molar-refractivity contribution in [2.24, 2.45) is 11.8 Å². The normalized spacial score (nSPS) is 11.9. The van der Waals surface area contributed by atoms with Gasteiger partial charge >= 0.3 is 17.9 Å².